The predicted molar refractivity (Wildman–Crippen MR) is 85.5 cm³/mol. The van der Waals surface area contributed by atoms with Crippen LogP contribution in [0.3, 0.4) is 0 Å². The van der Waals surface area contributed by atoms with Crippen LogP contribution in [-0.2, 0) is 10.7 Å². The highest BCUT2D eigenvalue weighted by molar-refractivity contribution is 9.09. The summed E-state index contributed by atoms with van der Waals surface area (Å²) in [5.41, 5.74) is 2.95. The molecule has 0 atom stereocenters. The second-order valence-electron chi connectivity index (χ2n) is 5.65. The molecule has 0 bridgehead atoms. The lowest BCUT2D eigenvalue weighted by atomic mass is 9.93. The minimum Gasteiger partial charge on any atom is -0.0807 e. The summed E-state index contributed by atoms with van der Waals surface area (Å²) in [7, 11) is 0. The molecule has 0 radical (unpaired) electrons. The molecule has 0 aromatic heterocycles. The maximum atomic E-state index is 3.78. The lowest BCUT2D eigenvalue weighted by Gasteiger charge is -2.21. The lowest BCUT2D eigenvalue weighted by molar-refractivity contribution is 0.605. The first-order valence-electron chi connectivity index (χ1n) is 7.33. The zero-order chi connectivity index (χ0) is 13.4. The summed E-state index contributed by atoms with van der Waals surface area (Å²) in [6.07, 6.45) is 9.44. The molecule has 18 heavy (non-hydrogen) atoms. The van der Waals surface area contributed by atoms with Crippen LogP contribution in [0.25, 0.3) is 0 Å². The van der Waals surface area contributed by atoms with E-state index < -0.39 is 0 Å². The Morgan fingerprint density at radius 3 is 2.22 bits per heavy atom. The van der Waals surface area contributed by atoms with Crippen LogP contribution in [0.5, 0.6) is 0 Å². The van der Waals surface area contributed by atoms with E-state index in [1.54, 1.807) is 0 Å². The molecular formula is C17H27Br. The van der Waals surface area contributed by atoms with Crippen molar-refractivity contribution in [3.05, 3.63) is 35.4 Å². The summed E-state index contributed by atoms with van der Waals surface area (Å²) >= 11 is 3.78. The van der Waals surface area contributed by atoms with Crippen LogP contribution in [0.2, 0.25) is 0 Å². The van der Waals surface area contributed by atoms with Crippen molar-refractivity contribution < 1.29 is 0 Å². The largest absolute Gasteiger partial charge is 0.0807 e. The van der Waals surface area contributed by atoms with Crippen molar-refractivity contribution in [3.63, 3.8) is 0 Å². The number of halogens is 1. The van der Waals surface area contributed by atoms with Crippen LogP contribution in [0.15, 0.2) is 24.3 Å². The third kappa shape index (κ3) is 5.56. The summed E-state index contributed by atoms with van der Waals surface area (Å²) in [5, 5.41) is 0. The molecule has 1 aromatic carbocycles. The standard InChI is InChI=1S/C17H27Br/c1-4-5-6-7-8-9-12-15-13-10-11-14-16(15)17(2,3)18/h10-11,13-14H,4-9,12H2,1-3H3. The first-order chi connectivity index (χ1) is 8.55. The molecule has 102 valence electrons. The Bertz CT molecular complexity index is 336. The van der Waals surface area contributed by atoms with Gasteiger partial charge >= 0.3 is 0 Å². The van der Waals surface area contributed by atoms with E-state index in [1.165, 1.54) is 56.1 Å². The van der Waals surface area contributed by atoms with Crippen molar-refractivity contribution in [1.82, 2.24) is 0 Å². The van der Waals surface area contributed by atoms with Gasteiger partial charge in [-0.05, 0) is 37.8 Å². The van der Waals surface area contributed by atoms with E-state index in [9.17, 15) is 0 Å². The Hall–Kier alpha value is -0.300. The fraction of sp³-hybridized carbons (Fsp3) is 0.647. The van der Waals surface area contributed by atoms with Crippen LogP contribution in [-0.4, -0.2) is 0 Å². The number of aryl methyl sites for hydroxylation is 1. The Morgan fingerprint density at radius 1 is 0.944 bits per heavy atom. The van der Waals surface area contributed by atoms with E-state index in [-0.39, 0.29) is 4.32 Å². The van der Waals surface area contributed by atoms with Gasteiger partial charge in [0.1, 0.15) is 0 Å². The third-order valence-corrected chi connectivity index (χ3v) is 3.88. The van der Waals surface area contributed by atoms with Crippen molar-refractivity contribution in [1.29, 1.82) is 0 Å². The molecule has 0 heterocycles. The number of benzene rings is 1. The van der Waals surface area contributed by atoms with E-state index in [0.29, 0.717) is 0 Å². The Morgan fingerprint density at radius 2 is 1.56 bits per heavy atom. The molecule has 0 N–H and O–H groups in total. The summed E-state index contributed by atoms with van der Waals surface area (Å²) in [6, 6.07) is 8.84. The topological polar surface area (TPSA) is 0 Å². The van der Waals surface area contributed by atoms with Gasteiger partial charge in [0.05, 0.1) is 0 Å². The Kier molecular flexibility index (Phi) is 6.99. The lowest BCUT2D eigenvalue weighted by Crippen LogP contribution is -2.10. The summed E-state index contributed by atoms with van der Waals surface area (Å²) in [6.45, 7) is 6.73. The van der Waals surface area contributed by atoms with Gasteiger partial charge in [0, 0.05) is 4.32 Å². The molecule has 0 aliphatic carbocycles. The SMILES string of the molecule is CCCCCCCCc1ccccc1C(C)(C)Br. The normalized spacial score (nSPS) is 11.8. The van der Waals surface area contributed by atoms with E-state index in [1.807, 2.05) is 0 Å². The van der Waals surface area contributed by atoms with Gasteiger partial charge in [0.15, 0.2) is 0 Å². The zero-order valence-corrected chi connectivity index (χ0v) is 13.7. The van der Waals surface area contributed by atoms with Crippen molar-refractivity contribution in [2.45, 2.75) is 70.0 Å². The summed E-state index contributed by atoms with van der Waals surface area (Å²) < 4.78 is 0.0891. The van der Waals surface area contributed by atoms with E-state index in [2.05, 4.69) is 61.0 Å². The van der Waals surface area contributed by atoms with Gasteiger partial charge in [-0.25, -0.2) is 0 Å². The van der Waals surface area contributed by atoms with Gasteiger partial charge in [-0.1, -0.05) is 79.2 Å². The maximum absolute atomic E-state index is 3.78. The van der Waals surface area contributed by atoms with Crippen molar-refractivity contribution in [2.75, 3.05) is 0 Å². The highest BCUT2D eigenvalue weighted by Crippen LogP contribution is 2.33. The average molecular weight is 311 g/mol. The fourth-order valence-corrected chi connectivity index (χ4v) is 2.80. The molecule has 0 saturated heterocycles. The van der Waals surface area contributed by atoms with Gasteiger partial charge in [-0.3, -0.25) is 0 Å². The van der Waals surface area contributed by atoms with Crippen LogP contribution >= 0.6 is 15.9 Å². The number of rotatable bonds is 8. The molecule has 0 saturated carbocycles. The van der Waals surface area contributed by atoms with Gasteiger partial charge in [-0.2, -0.15) is 0 Å². The van der Waals surface area contributed by atoms with Crippen molar-refractivity contribution >= 4 is 15.9 Å². The molecule has 0 unspecified atom stereocenters. The molecule has 1 aromatic rings. The molecule has 0 aliphatic rings. The summed E-state index contributed by atoms with van der Waals surface area (Å²) in [4.78, 5) is 0. The highest BCUT2D eigenvalue weighted by atomic mass is 79.9. The van der Waals surface area contributed by atoms with Gasteiger partial charge < -0.3 is 0 Å². The molecule has 0 fully saturated rings. The zero-order valence-electron chi connectivity index (χ0n) is 12.1. The molecule has 1 heteroatoms. The van der Waals surface area contributed by atoms with E-state index >= 15 is 0 Å². The minimum absolute atomic E-state index is 0.0891. The molecule has 0 amide bonds. The average Bonchev–Trinajstić information content (AvgIpc) is 2.33. The Labute approximate surface area is 121 Å². The van der Waals surface area contributed by atoms with Crippen LogP contribution in [0, 0.1) is 0 Å². The first-order valence-corrected chi connectivity index (χ1v) is 8.12. The molecular weight excluding hydrogens is 284 g/mol. The van der Waals surface area contributed by atoms with Crippen LogP contribution < -0.4 is 0 Å². The molecule has 0 aliphatic heterocycles. The van der Waals surface area contributed by atoms with Gasteiger partial charge in [0.2, 0.25) is 0 Å². The second kappa shape index (κ2) is 7.99. The predicted octanol–water partition coefficient (Wildman–Crippen LogP) is 6.22. The van der Waals surface area contributed by atoms with E-state index in [0.717, 1.165) is 0 Å². The third-order valence-electron chi connectivity index (χ3n) is 3.46. The monoisotopic (exact) mass is 310 g/mol. The summed E-state index contributed by atoms with van der Waals surface area (Å²) in [5.74, 6) is 0. The quantitative estimate of drug-likeness (QED) is 0.395. The van der Waals surface area contributed by atoms with Gasteiger partial charge in [0.25, 0.3) is 0 Å². The number of alkyl halides is 1. The second-order valence-corrected chi connectivity index (χ2v) is 7.63. The maximum Gasteiger partial charge on any atom is 0.0452 e. The van der Waals surface area contributed by atoms with Crippen molar-refractivity contribution in [3.8, 4) is 0 Å². The first kappa shape index (κ1) is 15.8. The van der Waals surface area contributed by atoms with E-state index in [4.69, 9.17) is 0 Å². The molecule has 0 spiro atoms. The van der Waals surface area contributed by atoms with Gasteiger partial charge in [-0.15, -0.1) is 0 Å². The smallest absolute Gasteiger partial charge is 0.0452 e. The number of unbranched alkanes of at least 4 members (excludes halogenated alkanes) is 5. The number of hydrogen-bond acceptors (Lipinski definition) is 0. The minimum atomic E-state index is 0.0891. The van der Waals surface area contributed by atoms with Crippen LogP contribution in [0.4, 0.5) is 0 Å². The molecule has 1 rings (SSSR count). The Balaban J connectivity index is 2.43. The van der Waals surface area contributed by atoms with Crippen molar-refractivity contribution in [2.24, 2.45) is 0 Å². The fourth-order valence-electron chi connectivity index (χ4n) is 2.41. The highest BCUT2D eigenvalue weighted by Gasteiger charge is 2.18. The van der Waals surface area contributed by atoms with Crippen LogP contribution in [0.1, 0.15) is 70.4 Å². The molecule has 0 nitrogen and oxygen atoms in total. The number of hydrogen-bond donors (Lipinski definition) is 0.